The number of amidine groups is 1. The topological polar surface area (TPSA) is 81.6 Å². The maximum absolute atomic E-state index is 12.6. The van der Waals surface area contributed by atoms with Gasteiger partial charge in [-0.15, -0.1) is 0 Å². The summed E-state index contributed by atoms with van der Waals surface area (Å²) in [6.07, 6.45) is 1.95. The number of carbonyl (C=O) groups excluding carboxylic acids is 1. The molecule has 8 nitrogen and oxygen atoms in total. The average Bonchev–Trinajstić information content (AvgIpc) is 3.19. The van der Waals surface area contributed by atoms with Gasteiger partial charge in [0.05, 0.1) is 12.6 Å². The van der Waals surface area contributed by atoms with E-state index in [1.54, 1.807) is 25.3 Å². The van der Waals surface area contributed by atoms with E-state index in [4.69, 9.17) is 18.9 Å². The van der Waals surface area contributed by atoms with Crippen LogP contribution in [-0.4, -0.2) is 69.6 Å². The Hall–Kier alpha value is -2.32. The van der Waals surface area contributed by atoms with Crippen LogP contribution in [0.25, 0.3) is 0 Å². The van der Waals surface area contributed by atoms with Crippen LogP contribution in [0.2, 0.25) is 0 Å². The van der Waals surface area contributed by atoms with E-state index in [2.05, 4.69) is 29.1 Å². The minimum atomic E-state index is -0.310. The van der Waals surface area contributed by atoms with Gasteiger partial charge in [0, 0.05) is 12.7 Å². The third-order valence-corrected chi connectivity index (χ3v) is 4.71. The second-order valence-corrected chi connectivity index (χ2v) is 6.82. The molecule has 8 heteroatoms. The number of carbonyl (C=O) groups is 1. The Morgan fingerprint density at radius 3 is 2.72 bits per heavy atom. The van der Waals surface area contributed by atoms with Crippen molar-refractivity contribution in [3.8, 4) is 11.5 Å². The van der Waals surface area contributed by atoms with Crippen molar-refractivity contribution in [3.05, 3.63) is 23.8 Å². The number of methoxy groups -OCH3 is 1. The van der Waals surface area contributed by atoms with Crippen LogP contribution in [0.3, 0.4) is 0 Å². The summed E-state index contributed by atoms with van der Waals surface area (Å²) in [5, 5.41) is 2.76. The fourth-order valence-corrected chi connectivity index (χ4v) is 2.95. The molecule has 1 aromatic rings. The van der Waals surface area contributed by atoms with E-state index < -0.39 is 0 Å². The molecular weight excluding hydrogens is 374 g/mol. The number of amides is 1. The fraction of sp³-hybridized carbons (Fsp3) is 0.619. The largest absolute Gasteiger partial charge is 0.463 e. The fourth-order valence-electron chi connectivity index (χ4n) is 2.95. The zero-order chi connectivity index (χ0) is 21.1. The van der Waals surface area contributed by atoms with E-state index >= 15 is 0 Å². The lowest BCUT2D eigenvalue weighted by atomic mass is 10.2. The zero-order valence-corrected chi connectivity index (χ0v) is 17.9. The SMILES string of the molecule is CCN(CC)CCCC(C)N=C(NC(=O)c1ccc2c(c1)OCO2)OCCOC. The van der Waals surface area contributed by atoms with Gasteiger partial charge < -0.3 is 23.8 Å². The zero-order valence-electron chi connectivity index (χ0n) is 17.9. The Morgan fingerprint density at radius 2 is 2.00 bits per heavy atom. The summed E-state index contributed by atoms with van der Waals surface area (Å²) >= 11 is 0. The summed E-state index contributed by atoms with van der Waals surface area (Å²) in [6.45, 7) is 10.4. The summed E-state index contributed by atoms with van der Waals surface area (Å²) in [5.41, 5.74) is 0.450. The van der Waals surface area contributed by atoms with Crippen LogP contribution >= 0.6 is 0 Å². The number of aliphatic imine (C=N–C) groups is 1. The molecule has 0 aromatic heterocycles. The predicted octanol–water partition coefficient (Wildman–Crippen LogP) is 2.67. The molecule has 0 radical (unpaired) electrons. The summed E-state index contributed by atoms with van der Waals surface area (Å²) in [5.74, 6) is 0.879. The smallest absolute Gasteiger partial charge is 0.292 e. The van der Waals surface area contributed by atoms with Crippen molar-refractivity contribution < 1.29 is 23.7 Å². The Balaban J connectivity index is 1.96. The molecule has 1 amide bonds. The van der Waals surface area contributed by atoms with Crippen LogP contribution in [0.1, 0.15) is 44.0 Å². The van der Waals surface area contributed by atoms with Gasteiger partial charge in [-0.1, -0.05) is 13.8 Å². The minimum absolute atomic E-state index is 0.0279. The average molecular weight is 408 g/mol. The Labute approximate surface area is 173 Å². The lowest BCUT2D eigenvalue weighted by Crippen LogP contribution is -2.34. The van der Waals surface area contributed by atoms with Crippen LogP contribution in [0.15, 0.2) is 23.2 Å². The van der Waals surface area contributed by atoms with Gasteiger partial charge in [0.1, 0.15) is 6.61 Å². The van der Waals surface area contributed by atoms with Gasteiger partial charge in [-0.05, 0) is 57.6 Å². The first-order valence-corrected chi connectivity index (χ1v) is 10.2. The monoisotopic (exact) mass is 407 g/mol. The molecule has 2 rings (SSSR count). The molecule has 1 heterocycles. The first-order valence-electron chi connectivity index (χ1n) is 10.2. The molecule has 1 aliphatic heterocycles. The molecule has 0 fully saturated rings. The highest BCUT2D eigenvalue weighted by Gasteiger charge is 2.18. The number of benzene rings is 1. The molecule has 1 aliphatic rings. The molecule has 1 atom stereocenters. The second-order valence-electron chi connectivity index (χ2n) is 6.82. The third-order valence-electron chi connectivity index (χ3n) is 4.71. The standard InChI is InChI=1S/C21H33N3O5/c1-5-24(6-2)11-7-8-16(3)22-21(27-13-12-26-4)23-20(25)17-9-10-18-19(14-17)29-15-28-18/h9-10,14,16H,5-8,11-13,15H2,1-4H3,(H,22,23,25). The van der Waals surface area contributed by atoms with Gasteiger partial charge in [-0.3, -0.25) is 10.1 Å². The van der Waals surface area contributed by atoms with Crippen molar-refractivity contribution in [2.75, 3.05) is 46.8 Å². The normalized spacial score (nSPS) is 14.2. The molecule has 162 valence electrons. The lowest BCUT2D eigenvalue weighted by molar-refractivity contribution is 0.0953. The summed E-state index contributed by atoms with van der Waals surface area (Å²) < 4.78 is 21.3. The second kappa shape index (κ2) is 12.3. The summed E-state index contributed by atoms with van der Waals surface area (Å²) in [4.78, 5) is 19.6. The number of hydrogen-bond donors (Lipinski definition) is 1. The van der Waals surface area contributed by atoms with Crippen LogP contribution in [-0.2, 0) is 9.47 Å². The molecule has 1 N–H and O–H groups in total. The third kappa shape index (κ3) is 7.55. The predicted molar refractivity (Wildman–Crippen MR) is 112 cm³/mol. The molecule has 29 heavy (non-hydrogen) atoms. The van der Waals surface area contributed by atoms with Gasteiger partial charge in [0.2, 0.25) is 6.79 Å². The van der Waals surface area contributed by atoms with Gasteiger partial charge >= 0.3 is 0 Å². The number of nitrogens with one attached hydrogen (secondary N) is 1. The van der Waals surface area contributed by atoms with E-state index in [-0.39, 0.29) is 24.8 Å². The Morgan fingerprint density at radius 1 is 1.24 bits per heavy atom. The van der Waals surface area contributed by atoms with E-state index in [9.17, 15) is 4.79 Å². The molecule has 0 bridgehead atoms. The number of ether oxygens (including phenoxy) is 4. The van der Waals surface area contributed by atoms with Gasteiger partial charge in [0.25, 0.3) is 11.9 Å². The van der Waals surface area contributed by atoms with Crippen LogP contribution in [0, 0.1) is 0 Å². The van der Waals surface area contributed by atoms with E-state index in [0.717, 1.165) is 32.5 Å². The van der Waals surface area contributed by atoms with Crippen LogP contribution in [0.4, 0.5) is 0 Å². The molecule has 0 saturated heterocycles. The first kappa shape index (κ1) is 23.0. The maximum Gasteiger partial charge on any atom is 0.292 e. The number of fused-ring (bicyclic) bond motifs is 1. The molecule has 0 saturated carbocycles. The molecule has 0 spiro atoms. The molecule has 1 aromatic carbocycles. The highest BCUT2D eigenvalue weighted by molar-refractivity contribution is 6.04. The van der Waals surface area contributed by atoms with Crippen molar-refractivity contribution in [1.29, 1.82) is 0 Å². The first-order chi connectivity index (χ1) is 14.1. The van der Waals surface area contributed by atoms with Crippen molar-refractivity contribution in [1.82, 2.24) is 10.2 Å². The Bertz CT molecular complexity index is 676. The van der Waals surface area contributed by atoms with Crippen molar-refractivity contribution in [2.24, 2.45) is 4.99 Å². The number of rotatable bonds is 11. The summed E-state index contributed by atoms with van der Waals surface area (Å²) in [6, 6.07) is 5.29. The van der Waals surface area contributed by atoms with Gasteiger partial charge in [-0.2, -0.15) is 0 Å². The van der Waals surface area contributed by atoms with Gasteiger partial charge in [0.15, 0.2) is 11.5 Å². The number of hydrogen-bond acceptors (Lipinski definition) is 7. The van der Waals surface area contributed by atoms with E-state index in [0.29, 0.717) is 30.3 Å². The van der Waals surface area contributed by atoms with Crippen LogP contribution < -0.4 is 14.8 Å². The van der Waals surface area contributed by atoms with Gasteiger partial charge in [-0.25, -0.2) is 4.99 Å². The lowest BCUT2D eigenvalue weighted by Gasteiger charge is -2.18. The number of nitrogens with zero attached hydrogens (tertiary/aromatic N) is 2. The van der Waals surface area contributed by atoms with Crippen molar-refractivity contribution in [2.45, 2.75) is 39.7 Å². The molecule has 0 aliphatic carbocycles. The van der Waals surface area contributed by atoms with Crippen molar-refractivity contribution >= 4 is 11.9 Å². The maximum atomic E-state index is 12.6. The van der Waals surface area contributed by atoms with Crippen LogP contribution in [0.5, 0.6) is 11.5 Å². The Kier molecular flexibility index (Phi) is 9.73. The van der Waals surface area contributed by atoms with Crippen molar-refractivity contribution in [3.63, 3.8) is 0 Å². The quantitative estimate of drug-likeness (QED) is 0.345. The van der Waals surface area contributed by atoms with E-state index in [1.165, 1.54) is 0 Å². The van der Waals surface area contributed by atoms with E-state index in [1.807, 2.05) is 6.92 Å². The highest BCUT2D eigenvalue weighted by Crippen LogP contribution is 2.32. The minimum Gasteiger partial charge on any atom is -0.463 e. The molecular formula is C21H33N3O5. The highest BCUT2D eigenvalue weighted by atomic mass is 16.7. The molecule has 1 unspecified atom stereocenters. The summed E-state index contributed by atoms with van der Waals surface area (Å²) in [7, 11) is 1.60.